The summed E-state index contributed by atoms with van der Waals surface area (Å²) in [4.78, 5) is 34.4. The maximum atomic E-state index is 12.2. The van der Waals surface area contributed by atoms with Crippen molar-refractivity contribution in [1.82, 2.24) is 15.3 Å². The summed E-state index contributed by atoms with van der Waals surface area (Å²) in [5.41, 5.74) is 0.899. The van der Waals surface area contributed by atoms with Gasteiger partial charge in [0.05, 0.1) is 23.4 Å². The number of thioether (sulfide) groups is 1. The Morgan fingerprint density at radius 1 is 1.42 bits per heavy atom. The van der Waals surface area contributed by atoms with Gasteiger partial charge in [0.25, 0.3) is 5.56 Å². The quantitative estimate of drug-likeness (QED) is 0.690. The van der Waals surface area contributed by atoms with Crippen LogP contribution in [0.3, 0.4) is 0 Å². The molecule has 0 aliphatic heterocycles. The number of H-pyrrole nitrogens is 1. The first kappa shape index (κ1) is 17.2. The van der Waals surface area contributed by atoms with Crippen LogP contribution < -0.4 is 10.9 Å². The van der Waals surface area contributed by atoms with Gasteiger partial charge < -0.3 is 10.3 Å². The minimum atomic E-state index is -0.0976. The second kappa shape index (κ2) is 7.50. The summed E-state index contributed by atoms with van der Waals surface area (Å²) < 4.78 is 0. The zero-order valence-corrected chi connectivity index (χ0v) is 15.8. The van der Waals surface area contributed by atoms with Crippen molar-refractivity contribution in [3.05, 3.63) is 49.0 Å². The fourth-order valence-corrected chi connectivity index (χ4v) is 4.67. The summed E-state index contributed by atoms with van der Waals surface area (Å²) in [5, 5.41) is 5.55. The number of nitrogens with one attached hydrogen (secondary N) is 2. The summed E-state index contributed by atoms with van der Waals surface area (Å²) in [5.74, 6) is 1.45. The highest BCUT2D eigenvalue weighted by atomic mass is 32.2. The third kappa shape index (κ3) is 3.88. The molecular formula is C16H17N3O2S3. The molecule has 0 bridgehead atoms. The standard InChI is InChI=1S/C16H17N3O2S3/c1-9-10(2)24-16-14(9)15(21)18-12(19-16)7-22-8-13(20)17-6-11-4-3-5-23-11/h3-5H,6-8H2,1-2H3,(H,17,20)(H,18,19,21). The molecule has 2 N–H and O–H groups in total. The molecule has 0 aromatic carbocycles. The van der Waals surface area contributed by atoms with Crippen LogP contribution in [0.2, 0.25) is 0 Å². The van der Waals surface area contributed by atoms with Crippen LogP contribution in [0, 0.1) is 13.8 Å². The molecule has 3 rings (SSSR count). The molecule has 1 amide bonds. The molecule has 5 nitrogen and oxygen atoms in total. The smallest absolute Gasteiger partial charge is 0.259 e. The molecule has 3 aromatic rings. The molecule has 0 fully saturated rings. The summed E-state index contributed by atoms with van der Waals surface area (Å²) in [6.45, 7) is 4.50. The number of hydrogen-bond acceptors (Lipinski definition) is 6. The molecular weight excluding hydrogens is 362 g/mol. The lowest BCUT2D eigenvalue weighted by Gasteiger charge is -2.04. The van der Waals surface area contributed by atoms with E-state index >= 15 is 0 Å². The van der Waals surface area contributed by atoms with Gasteiger partial charge in [-0.3, -0.25) is 9.59 Å². The van der Waals surface area contributed by atoms with Gasteiger partial charge >= 0.3 is 0 Å². The predicted octanol–water partition coefficient (Wildman–Crippen LogP) is 3.21. The first-order chi connectivity index (χ1) is 11.5. The number of aromatic nitrogens is 2. The van der Waals surface area contributed by atoms with Gasteiger partial charge in [0.2, 0.25) is 5.91 Å². The highest BCUT2D eigenvalue weighted by Gasteiger charge is 2.12. The Labute approximate surface area is 151 Å². The van der Waals surface area contributed by atoms with Crippen molar-refractivity contribution in [1.29, 1.82) is 0 Å². The van der Waals surface area contributed by atoms with Gasteiger partial charge in [0.15, 0.2) is 0 Å². The SMILES string of the molecule is Cc1sc2nc(CSCC(=O)NCc3cccs3)[nH]c(=O)c2c1C. The van der Waals surface area contributed by atoms with Crippen molar-refractivity contribution >= 4 is 50.6 Å². The van der Waals surface area contributed by atoms with E-state index in [1.165, 1.54) is 23.1 Å². The zero-order chi connectivity index (χ0) is 17.1. The monoisotopic (exact) mass is 379 g/mol. The molecule has 24 heavy (non-hydrogen) atoms. The second-order valence-corrected chi connectivity index (χ2v) is 8.55. The van der Waals surface area contributed by atoms with E-state index in [-0.39, 0.29) is 11.5 Å². The summed E-state index contributed by atoms with van der Waals surface area (Å²) in [6.07, 6.45) is 0. The summed E-state index contributed by atoms with van der Waals surface area (Å²) in [6, 6.07) is 3.96. The maximum absolute atomic E-state index is 12.2. The molecule has 0 saturated heterocycles. The van der Waals surface area contributed by atoms with Crippen LogP contribution in [0.15, 0.2) is 22.3 Å². The fraction of sp³-hybridized carbons (Fsp3) is 0.312. The normalized spacial score (nSPS) is 11.1. The zero-order valence-electron chi connectivity index (χ0n) is 13.3. The van der Waals surface area contributed by atoms with Gasteiger partial charge in [-0.25, -0.2) is 4.98 Å². The topological polar surface area (TPSA) is 74.8 Å². The van der Waals surface area contributed by atoms with E-state index in [0.717, 1.165) is 20.1 Å². The lowest BCUT2D eigenvalue weighted by molar-refractivity contribution is -0.118. The van der Waals surface area contributed by atoms with Gasteiger partial charge in [0.1, 0.15) is 10.7 Å². The number of thiophene rings is 2. The number of nitrogens with zero attached hydrogens (tertiary/aromatic N) is 1. The van der Waals surface area contributed by atoms with Crippen molar-refractivity contribution in [2.24, 2.45) is 0 Å². The molecule has 8 heteroatoms. The number of aryl methyl sites for hydroxylation is 2. The Balaban J connectivity index is 1.56. The summed E-state index contributed by atoms with van der Waals surface area (Å²) in [7, 11) is 0. The molecule has 126 valence electrons. The van der Waals surface area contributed by atoms with Crippen molar-refractivity contribution < 1.29 is 4.79 Å². The molecule has 0 radical (unpaired) electrons. The van der Waals surface area contributed by atoms with Crippen LogP contribution in [0.25, 0.3) is 10.2 Å². The number of fused-ring (bicyclic) bond motifs is 1. The predicted molar refractivity (Wildman–Crippen MR) is 102 cm³/mol. The maximum Gasteiger partial charge on any atom is 0.259 e. The van der Waals surface area contributed by atoms with E-state index in [2.05, 4.69) is 15.3 Å². The van der Waals surface area contributed by atoms with Crippen LogP contribution in [-0.4, -0.2) is 21.6 Å². The molecule has 0 aliphatic carbocycles. The van der Waals surface area contributed by atoms with E-state index < -0.39 is 0 Å². The van der Waals surface area contributed by atoms with Gasteiger partial charge in [-0.2, -0.15) is 0 Å². The molecule has 3 heterocycles. The van der Waals surface area contributed by atoms with Gasteiger partial charge in [-0.05, 0) is 30.9 Å². The van der Waals surface area contributed by atoms with Crippen LogP contribution in [0.4, 0.5) is 0 Å². The van der Waals surface area contributed by atoms with Crippen LogP contribution in [0.5, 0.6) is 0 Å². The van der Waals surface area contributed by atoms with Gasteiger partial charge in [-0.15, -0.1) is 34.4 Å². The Morgan fingerprint density at radius 2 is 2.25 bits per heavy atom. The first-order valence-electron chi connectivity index (χ1n) is 7.40. The number of carbonyl (C=O) groups excluding carboxylic acids is 1. The van der Waals surface area contributed by atoms with Crippen molar-refractivity contribution in [3.63, 3.8) is 0 Å². The number of aromatic amines is 1. The molecule has 0 aliphatic rings. The number of amides is 1. The Morgan fingerprint density at radius 3 is 3.00 bits per heavy atom. The van der Waals surface area contributed by atoms with Crippen molar-refractivity contribution in [3.8, 4) is 0 Å². The average Bonchev–Trinajstić information content (AvgIpc) is 3.14. The second-order valence-electron chi connectivity index (χ2n) is 5.32. The molecule has 0 spiro atoms. The van der Waals surface area contributed by atoms with Crippen LogP contribution in [-0.2, 0) is 17.1 Å². The highest BCUT2D eigenvalue weighted by Crippen LogP contribution is 2.26. The van der Waals surface area contributed by atoms with Crippen molar-refractivity contribution in [2.45, 2.75) is 26.1 Å². The Kier molecular flexibility index (Phi) is 5.37. The van der Waals surface area contributed by atoms with Crippen LogP contribution in [0.1, 0.15) is 21.1 Å². The Hall–Kier alpha value is -1.64. The van der Waals surface area contributed by atoms with Gasteiger partial charge in [0, 0.05) is 9.75 Å². The molecule has 0 atom stereocenters. The average molecular weight is 380 g/mol. The number of hydrogen-bond donors (Lipinski definition) is 2. The van der Waals surface area contributed by atoms with E-state index in [9.17, 15) is 9.59 Å². The molecule has 0 unspecified atom stereocenters. The minimum absolute atomic E-state index is 0.0142. The van der Waals surface area contributed by atoms with E-state index in [4.69, 9.17) is 0 Å². The first-order valence-corrected chi connectivity index (χ1v) is 10.3. The lowest BCUT2D eigenvalue weighted by atomic mass is 10.2. The molecule has 0 saturated carbocycles. The van der Waals surface area contributed by atoms with Crippen LogP contribution >= 0.6 is 34.4 Å². The number of carbonyl (C=O) groups is 1. The highest BCUT2D eigenvalue weighted by molar-refractivity contribution is 7.99. The van der Waals surface area contributed by atoms with Gasteiger partial charge in [-0.1, -0.05) is 6.07 Å². The van der Waals surface area contributed by atoms with E-state index in [1.807, 2.05) is 31.4 Å². The minimum Gasteiger partial charge on any atom is -0.350 e. The van der Waals surface area contributed by atoms with E-state index in [1.54, 1.807) is 11.3 Å². The Bertz CT molecular complexity index is 913. The lowest BCUT2D eigenvalue weighted by Crippen LogP contribution is -2.24. The number of rotatable bonds is 6. The summed E-state index contributed by atoms with van der Waals surface area (Å²) >= 11 is 4.60. The largest absolute Gasteiger partial charge is 0.350 e. The van der Waals surface area contributed by atoms with Crippen molar-refractivity contribution in [2.75, 3.05) is 5.75 Å². The third-order valence-corrected chi connectivity index (χ3v) is 6.52. The third-order valence-electron chi connectivity index (χ3n) is 3.60. The molecule has 3 aromatic heterocycles. The van der Waals surface area contributed by atoms with E-state index in [0.29, 0.717) is 29.3 Å². The fourth-order valence-electron chi connectivity index (χ4n) is 2.26.